The van der Waals surface area contributed by atoms with Crippen molar-refractivity contribution < 1.29 is 4.39 Å². The van der Waals surface area contributed by atoms with E-state index in [2.05, 4.69) is 41.7 Å². The van der Waals surface area contributed by atoms with Crippen molar-refractivity contribution in [3.8, 4) is 0 Å². The van der Waals surface area contributed by atoms with Crippen molar-refractivity contribution in [3.05, 3.63) is 46.7 Å². The van der Waals surface area contributed by atoms with E-state index in [1.54, 1.807) is 6.07 Å². The summed E-state index contributed by atoms with van der Waals surface area (Å²) < 4.78 is 14.0. The highest BCUT2D eigenvalue weighted by Gasteiger charge is 2.22. The Morgan fingerprint density at radius 2 is 2.24 bits per heavy atom. The van der Waals surface area contributed by atoms with Gasteiger partial charge in [0, 0.05) is 12.0 Å². The van der Waals surface area contributed by atoms with Gasteiger partial charge in [-0.25, -0.2) is 4.39 Å². The first-order chi connectivity index (χ1) is 8.02. The van der Waals surface area contributed by atoms with Crippen LogP contribution >= 0.6 is 15.9 Å². The molecule has 1 atom stereocenters. The van der Waals surface area contributed by atoms with E-state index in [-0.39, 0.29) is 11.2 Å². The van der Waals surface area contributed by atoms with Crippen LogP contribution in [-0.2, 0) is 6.42 Å². The van der Waals surface area contributed by atoms with E-state index in [1.165, 1.54) is 6.07 Å². The van der Waals surface area contributed by atoms with Gasteiger partial charge in [-0.1, -0.05) is 32.1 Å². The van der Waals surface area contributed by atoms with Crippen molar-refractivity contribution in [1.29, 1.82) is 0 Å². The van der Waals surface area contributed by atoms with Gasteiger partial charge in [0.25, 0.3) is 0 Å². The lowest BCUT2D eigenvalue weighted by Crippen LogP contribution is -2.32. The quantitative estimate of drug-likeness (QED) is 0.785. The maximum atomic E-state index is 13.4. The van der Waals surface area contributed by atoms with E-state index in [1.807, 2.05) is 12.1 Å². The Labute approximate surface area is 111 Å². The summed E-state index contributed by atoms with van der Waals surface area (Å²) >= 11 is 3.30. The first kappa shape index (κ1) is 14.4. The molecule has 0 radical (unpaired) electrons. The van der Waals surface area contributed by atoms with Gasteiger partial charge in [-0.15, -0.1) is 6.58 Å². The molecule has 1 aromatic rings. The number of rotatable bonds is 6. The van der Waals surface area contributed by atoms with Crippen molar-refractivity contribution in [3.63, 3.8) is 0 Å². The fraction of sp³-hybridized carbons (Fsp3) is 0.429. The van der Waals surface area contributed by atoms with Gasteiger partial charge in [0.2, 0.25) is 0 Å². The minimum absolute atomic E-state index is 0.0632. The van der Waals surface area contributed by atoms with Gasteiger partial charge < -0.3 is 5.32 Å². The molecule has 1 unspecified atom stereocenters. The predicted molar refractivity (Wildman–Crippen MR) is 74.7 cm³/mol. The Hall–Kier alpha value is -0.670. The molecule has 0 heterocycles. The molecule has 0 aliphatic carbocycles. The molecule has 94 valence electrons. The van der Waals surface area contributed by atoms with Crippen LogP contribution in [0.1, 0.15) is 19.4 Å². The number of hydrogen-bond acceptors (Lipinski definition) is 1. The van der Waals surface area contributed by atoms with Gasteiger partial charge in [0.1, 0.15) is 5.82 Å². The zero-order chi connectivity index (χ0) is 12.9. The summed E-state index contributed by atoms with van der Waals surface area (Å²) in [4.78, 5) is 0. The average Bonchev–Trinajstić information content (AvgIpc) is 2.33. The topological polar surface area (TPSA) is 12.0 Å². The Bertz CT molecular complexity index is 392. The standard InChI is InChI=1S/C14H19BrFN/c1-4-14(3,10-17-5-2)9-11-7-6-8-12(16)13(11)15/h4,6-8,17H,1,5,9-10H2,2-3H3. The third-order valence-electron chi connectivity index (χ3n) is 2.90. The smallest absolute Gasteiger partial charge is 0.137 e. The van der Waals surface area contributed by atoms with Crippen molar-refractivity contribution in [1.82, 2.24) is 5.32 Å². The second kappa shape index (κ2) is 6.31. The van der Waals surface area contributed by atoms with Gasteiger partial charge in [-0.3, -0.25) is 0 Å². The lowest BCUT2D eigenvalue weighted by molar-refractivity contribution is 0.394. The second-order valence-electron chi connectivity index (χ2n) is 4.53. The van der Waals surface area contributed by atoms with E-state index in [4.69, 9.17) is 0 Å². The summed E-state index contributed by atoms with van der Waals surface area (Å²) in [5.41, 5.74) is 0.914. The predicted octanol–water partition coefficient (Wildman–Crippen LogP) is 3.93. The average molecular weight is 300 g/mol. The SMILES string of the molecule is C=CC(C)(CNCC)Cc1cccc(F)c1Br. The number of hydrogen-bond donors (Lipinski definition) is 1. The molecule has 0 aliphatic rings. The Morgan fingerprint density at radius 3 is 2.82 bits per heavy atom. The molecule has 0 fully saturated rings. The van der Waals surface area contributed by atoms with Crippen LogP contribution in [0.2, 0.25) is 0 Å². The van der Waals surface area contributed by atoms with E-state index in [9.17, 15) is 4.39 Å². The fourth-order valence-electron chi connectivity index (χ4n) is 1.74. The first-order valence-electron chi connectivity index (χ1n) is 5.79. The van der Waals surface area contributed by atoms with Crippen LogP contribution in [0, 0.1) is 11.2 Å². The molecule has 0 saturated carbocycles. The second-order valence-corrected chi connectivity index (χ2v) is 5.32. The summed E-state index contributed by atoms with van der Waals surface area (Å²) in [5, 5.41) is 3.31. The lowest BCUT2D eigenvalue weighted by atomic mass is 9.83. The Kier molecular flexibility index (Phi) is 5.34. The summed E-state index contributed by atoms with van der Waals surface area (Å²) in [6, 6.07) is 5.15. The molecule has 0 saturated heterocycles. The molecule has 0 bridgehead atoms. The monoisotopic (exact) mass is 299 g/mol. The summed E-state index contributed by atoms with van der Waals surface area (Å²) in [5.74, 6) is -0.211. The zero-order valence-electron chi connectivity index (χ0n) is 10.4. The molecular formula is C14H19BrFN. The van der Waals surface area contributed by atoms with E-state index < -0.39 is 0 Å². The molecule has 1 aromatic carbocycles. The van der Waals surface area contributed by atoms with Crippen LogP contribution in [0.15, 0.2) is 35.3 Å². The Balaban J connectivity index is 2.87. The molecule has 0 aromatic heterocycles. The van der Waals surface area contributed by atoms with E-state index >= 15 is 0 Å². The number of benzene rings is 1. The van der Waals surface area contributed by atoms with Gasteiger partial charge in [-0.2, -0.15) is 0 Å². The molecule has 0 spiro atoms. The molecule has 1 nitrogen and oxygen atoms in total. The van der Waals surface area contributed by atoms with Crippen LogP contribution in [0.3, 0.4) is 0 Å². The molecule has 0 aliphatic heterocycles. The maximum absolute atomic E-state index is 13.4. The van der Waals surface area contributed by atoms with Crippen molar-refractivity contribution in [2.75, 3.05) is 13.1 Å². The highest BCUT2D eigenvalue weighted by molar-refractivity contribution is 9.10. The third-order valence-corrected chi connectivity index (χ3v) is 3.79. The summed E-state index contributed by atoms with van der Waals surface area (Å²) in [6.45, 7) is 9.85. The highest BCUT2D eigenvalue weighted by Crippen LogP contribution is 2.29. The minimum atomic E-state index is -0.211. The van der Waals surface area contributed by atoms with Crippen LogP contribution < -0.4 is 5.32 Å². The van der Waals surface area contributed by atoms with Crippen LogP contribution in [0.4, 0.5) is 4.39 Å². The summed E-state index contributed by atoms with van der Waals surface area (Å²) in [7, 11) is 0. The first-order valence-corrected chi connectivity index (χ1v) is 6.59. The van der Waals surface area contributed by atoms with Crippen molar-refractivity contribution in [2.24, 2.45) is 5.41 Å². The minimum Gasteiger partial charge on any atom is -0.316 e. The van der Waals surface area contributed by atoms with Crippen molar-refractivity contribution >= 4 is 15.9 Å². The van der Waals surface area contributed by atoms with Crippen molar-refractivity contribution in [2.45, 2.75) is 20.3 Å². The lowest BCUT2D eigenvalue weighted by Gasteiger charge is -2.26. The third kappa shape index (κ3) is 3.93. The molecule has 0 amide bonds. The molecule has 1 N–H and O–H groups in total. The van der Waals surface area contributed by atoms with E-state index in [0.717, 1.165) is 25.1 Å². The summed E-state index contributed by atoms with van der Waals surface area (Å²) in [6.07, 6.45) is 2.70. The number of nitrogens with one attached hydrogen (secondary N) is 1. The highest BCUT2D eigenvalue weighted by atomic mass is 79.9. The zero-order valence-corrected chi connectivity index (χ0v) is 12.0. The van der Waals surface area contributed by atoms with Crippen LogP contribution in [0.25, 0.3) is 0 Å². The van der Waals surface area contributed by atoms with Gasteiger partial charge in [-0.05, 0) is 40.5 Å². The molecule has 3 heteroatoms. The largest absolute Gasteiger partial charge is 0.316 e. The molecular weight excluding hydrogens is 281 g/mol. The maximum Gasteiger partial charge on any atom is 0.137 e. The normalized spacial score (nSPS) is 14.4. The van der Waals surface area contributed by atoms with Crippen LogP contribution in [-0.4, -0.2) is 13.1 Å². The van der Waals surface area contributed by atoms with Gasteiger partial charge in [0.15, 0.2) is 0 Å². The van der Waals surface area contributed by atoms with Gasteiger partial charge >= 0.3 is 0 Å². The van der Waals surface area contributed by atoms with Gasteiger partial charge in [0.05, 0.1) is 4.47 Å². The Morgan fingerprint density at radius 1 is 1.53 bits per heavy atom. The molecule has 1 rings (SSSR count). The molecule has 17 heavy (non-hydrogen) atoms. The fourth-order valence-corrected chi connectivity index (χ4v) is 2.14. The van der Waals surface area contributed by atoms with E-state index in [0.29, 0.717) is 4.47 Å². The number of halogens is 2. The van der Waals surface area contributed by atoms with Crippen LogP contribution in [0.5, 0.6) is 0 Å².